The van der Waals surface area contributed by atoms with Crippen molar-refractivity contribution in [1.82, 2.24) is 5.32 Å². The number of nitrogens with one attached hydrogen (secondary N) is 1. The van der Waals surface area contributed by atoms with Crippen molar-refractivity contribution in [2.75, 3.05) is 52.4 Å². The zero-order valence-corrected chi connectivity index (χ0v) is 35.7. The molecule has 63 heavy (non-hydrogen) atoms. The van der Waals surface area contributed by atoms with Gasteiger partial charge in [0.25, 0.3) is 0 Å². The molecule has 0 radical (unpaired) electrons. The molecule has 0 fully saturated rings. The van der Waals surface area contributed by atoms with E-state index in [2.05, 4.69) is 33.9 Å². The van der Waals surface area contributed by atoms with Crippen molar-refractivity contribution in [2.45, 2.75) is 154 Å². The first kappa shape index (κ1) is 68.4. The number of carboxylic acids is 4. The maximum atomic E-state index is 12.0. The number of hydrogen-bond donors (Lipinski definition) is 5. The molecule has 0 spiro atoms. The third kappa shape index (κ3) is 65.1. The van der Waals surface area contributed by atoms with E-state index in [0.717, 1.165) is 32.5 Å². The zero-order chi connectivity index (χ0) is 49.8. The smallest absolute Gasteiger partial charge is 0.430 e. The molecule has 0 aliphatic heterocycles. The maximum Gasteiger partial charge on any atom is 0.430 e. The normalized spacial score (nSPS) is 11.3. The Morgan fingerprint density at radius 1 is 0.413 bits per heavy atom. The van der Waals surface area contributed by atoms with Crippen molar-refractivity contribution in [2.24, 2.45) is 0 Å². The Morgan fingerprint density at radius 3 is 0.952 bits per heavy atom. The number of nitrogens with two attached hydrogens (primary N) is 3. The third-order valence-electron chi connectivity index (χ3n) is 7.88. The lowest BCUT2D eigenvalue weighted by molar-refractivity contribution is -0.682. The molecule has 0 heterocycles. The van der Waals surface area contributed by atoms with Gasteiger partial charge in [-0.3, -0.25) is 4.79 Å². The Hall–Kier alpha value is -3.65. The van der Waals surface area contributed by atoms with Crippen LogP contribution in [0.1, 0.15) is 129 Å². The van der Waals surface area contributed by atoms with Gasteiger partial charge in [-0.15, -0.1) is 0 Å². The van der Waals surface area contributed by atoms with Crippen LogP contribution in [0, 0.1) is 0 Å². The number of amides is 1. The number of aliphatic carboxylic acids is 4. The minimum Gasteiger partial charge on any atom is -0.542 e. The first-order valence-electron chi connectivity index (χ1n) is 20.7. The molecule has 0 atom stereocenters. The van der Waals surface area contributed by atoms with E-state index in [9.17, 15) is 57.5 Å². The Balaban J connectivity index is -0.000000318. The average Bonchev–Trinajstić information content (AvgIpc) is 3.16. The molecular formula is C37H67F12N5O9. The lowest BCUT2D eigenvalue weighted by Crippen LogP contribution is -2.88. The molecule has 0 saturated carbocycles. The standard InChI is InChI=1S/C29H63N5O.4C2HF3O2/c1-2-3-4-5-6-7-8-9-10-11-12-13-14-20-29(35)34-28-19-27-33-26-18-25-32-23-16-15-22-31-24-17-21-30;4*3-2(4,5)1(6)7/h31-33H,2-28,30H2,1H3,(H,34,35);4*(H,6,7). The van der Waals surface area contributed by atoms with Gasteiger partial charge in [-0.1, -0.05) is 84.0 Å². The second kappa shape index (κ2) is 43.6. The van der Waals surface area contributed by atoms with Crippen LogP contribution in [-0.4, -0.2) is 107 Å². The van der Waals surface area contributed by atoms with Gasteiger partial charge < -0.3 is 66.6 Å². The van der Waals surface area contributed by atoms with Gasteiger partial charge in [0.15, 0.2) is 0 Å². The SMILES string of the molecule is CCCCCCCCCCCCCCCC(=O)NCCC[NH2+]CCC[NH2+]CCCC[NH2+]CCC[NH3+].O=C([O-])C(F)(F)F.O=C([O-])C(F)(F)F.O=C([O-])C(F)(F)F.O=C([O-])C(F)(F)F. The highest BCUT2D eigenvalue weighted by Gasteiger charge is 2.30. The van der Waals surface area contributed by atoms with E-state index in [1.807, 2.05) is 0 Å². The molecular weight excluding hydrogens is 886 g/mol. The molecule has 1 amide bonds. The fourth-order valence-corrected chi connectivity index (χ4v) is 4.57. The molecule has 0 aromatic carbocycles. The number of carbonyl (C=O) groups is 5. The Bertz CT molecular complexity index is 1040. The predicted octanol–water partition coefficient (Wildman–Crippen LogP) is -1.34. The summed E-state index contributed by atoms with van der Waals surface area (Å²) in [4.78, 5) is 47.1. The Labute approximate surface area is 359 Å². The summed E-state index contributed by atoms with van der Waals surface area (Å²) in [5, 5.41) is 45.6. The van der Waals surface area contributed by atoms with Crippen LogP contribution in [0.4, 0.5) is 52.7 Å². The van der Waals surface area contributed by atoms with Crippen molar-refractivity contribution in [3.8, 4) is 0 Å². The van der Waals surface area contributed by atoms with E-state index in [0.29, 0.717) is 6.42 Å². The van der Waals surface area contributed by atoms with Gasteiger partial charge in [0.1, 0.15) is 23.9 Å². The average molecular weight is 954 g/mol. The van der Waals surface area contributed by atoms with Crippen molar-refractivity contribution in [3.63, 3.8) is 0 Å². The minimum atomic E-state index is -5.19. The van der Waals surface area contributed by atoms with Crippen molar-refractivity contribution < 1.29 is 119 Å². The number of alkyl halides is 12. The molecule has 0 bridgehead atoms. The van der Waals surface area contributed by atoms with E-state index in [-0.39, 0.29) is 5.91 Å². The Kier molecular flexibility index (Phi) is 47.3. The fourth-order valence-electron chi connectivity index (χ4n) is 4.57. The molecule has 10 N–H and O–H groups in total. The number of unbranched alkanes of at least 4 members (excludes halogenated alkanes) is 13. The minimum absolute atomic E-state index is 0.252. The number of rotatable bonds is 30. The summed E-state index contributed by atoms with van der Waals surface area (Å²) in [7, 11) is 0. The molecule has 0 rings (SSSR count). The number of quaternary nitrogens is 4. The quantitative estimate of drug-likeness (QED) is 0.0421. The first-order valence-corrected chi connectivity index (χ1v) is 20.7. The van der Waals surface area contributed by atoms with Gasteiger partial charge in [-0.25, -0.2) is 0 Å². The molecule has 0 aliphatic rings. The maximum absolute atomic E-state index is 12.0. The van der Waals surface area contributed by atoms with Crippen LogP contribution < -0.4 is 47.4 Å². The summed E-state index contributed by atoms with van der Waals surface area (Å²) in [5.74, 6) is -11.8. The lowest BCUT2D eigenvalue weighted by atomic mass is 10.0. The van der Waals surface area contributed by atoms with Gasteiger partial charge in [0.05, 0.1) is 45.8 Å². The number of carbonyl (C=O) groups excluding carboxylic acids is 5. The van der Waals surface area contributed by atoms with E-state index < -0.39 is 48.6 Å². The summed E-state index contributed by atoms with van der Waals surface area (Å²) < 4.78 is 126. The molecule has 26 heteroatoms. The van der Waals surface area contributed by atoms with Gasteiger partial charge in [-0.2, -0.15) is 52.7 Å². The van der Waals surface area contributed by atoms with Gasteiger partial charge in [-0.05, 0) is 6.42 Å². The van der Waals surface area contributed by atoms with Crippen LogP contribution >= 0.6 is 0 Å². The predicted molar refractivity (Wildman–Crippen MR) is 193 cm³/mol. The Morgan fingerprint density at radius 2 is 0.667 bits per heavy atom. The van der Waals surface area contributed by atoms with Crippen molar-refractivity contribution >= 4 is 29.8 Å². The summed E-state index contributed by atoms with van der Waals surface area (Å²) in [6.07, 6.45) is 3.82. The van der Waals surface area contributed by atoms with E-state index in [1.54, 1.807) is 0 Å². The number of hydrogen-bond acceptors (Lipinski definition) is 9. The molecule has 14 nitrogen and oxygen atoms in total. The topological polar surface area (TPSA) is 267 Å². The van der Waals surface area contributed by atoms with E-state index >= 15 is 0 Å². The van der Waals surface area contributed by atoms with E-state index in [1.165, 1.54) is 135 Å². The molecule has 0 saturated heterocycles. The highest BCUT2D eigenvalue weighted by Crippen LogP contribution is 2.14. The molecule has 0 unspecified atom stereocenters. The molecule has 0 aromatic heterocycles. The third-order valence-corrected chi connectivity index (χ3v) is 7.88. The van der Waals surface area contributed by atoms with Crippen molar-refractivity contribution in [1.29, 1.82) is 0 Å². The second-order valence-electron chi connectivity index (χ2n) is 13.7. The number of carboxylic acid groups (broad SMARTS) is 4. The highest BCUT2D eigenvalue weighted by atomic mass is 19.4. The molecule has 0 aromatic rings. The monoisotopic (exact) mass is 953 g/mol. The van der Waals surface area contributed by atoms with Crippen LogP contribution in [0.2, 0.25) is 0 Å². The zero-order valence-electron chi connectivity index (χ0n) is 35.7. The lowest BCUT2D eigenvalue weighted by Gasteiger charge is -2.06. The highest BCUT2D eigenvalue weighted by molar-refractivity contribution is 5.75. The van der Waals surface area contributed by atoms with Crippen LogP contribution in [-0.2, 0) is 24.0 Å². The summed E-state index contributed by atoms with van der Waals surface area (Å²) in [6.45, 7) is 11.6. The van der Waals surface area contributed by atoms with Crippen LogP contribution in [0.5, 0.6) is 0 Å². The molecule has 378 valence electrons. The van der Waals surface area contributed by atoms with Gasteiger partial charge in [0.2, 0.25) is 5.91 Å². The largest absolute Gasteiger partial charge is 0.542 e. The van der Waals surface area contributed by atoms with Crippen LogP contribution in [0.3, 0.4) is 0 Å². The second-order valence-corrected chi connectivity index (χ2v) is 13.7. The number of halogens is 12. The summed E-state index contributed by atoms with van der Waals surface area (Å²) >= 11 is 0. The molecule has 0 aliphatic carbocycles. The van der Waals surface area contributed by atoms with Crippen LogP contribution in [0.25, 0.3) is 0 Å². The van der Waals surface area contributed by atoms with Gasteiger partial charge >= 0.3 is 24.7 Å². The van der Waals surface area contributed by atoms with E-state index in [4.69, 9.17) is 39.6 Å². The van der Waals surface area contributed by atoms with Gasteiger partial charge in [0, 0.05) is 45.1 Å². The fraction of sp³-hybridized carbons (Fsp3) is 0.865. The first-order chi connectivity index (χ1) is 29.1. The van der Waals surface area contributed by atoms with Crippen molar-refractivity contribution in [3.05, 3.63) is 0 Å². The van der Waals surface area contributed by atoms with Crippen LogP contribution in [0.15, 0.2) is 0 Å². The summed E-state index contributed by atoms with van der Waals surface area (Å²) in [5.41, 5.74) is 3.88. The summed E-state index contributed by atoms with van der Waals surface area (Å²) in [6, 6.07) is 0.